The molecule has 0 fully saturated rings. The average molecular weight is 340 g/mol. The molecule has 0 saturated heterocycles. The van der Waals surface area contributed by atoms with Crippen LogP contribution in [0.3, 0.4) is 0 Å². The van der Waals surface area contributed by atoms with Crippen molar-refractivity contribution in [2.24, 2.45) is 0 Å². The summed E-state index contributed by atoms with van der Waals surface area (Å²) in [6, 6.07) is 7.88. The smallest absolute Gasteiger partial charge is 0.352 e. The van der Waals surface area contributed by atoms with Crippen molar-refractivity contribution in [3.05, 3.63) is 65.2 Å². The Morgan fingerprint density at radius 3 is 2.62 bits per heavy atom. The summed E-state index contributed by atoms with van der Waals surface area (Å²) in [6.45, 7) is -0.294. The largest absolute Gasteiger partial charge is 0.416 e. The van der Waals surface area contributed by atoms with Crippen LogP contribution in [-0.4, -0.2) is 10.9 Å². The molecule has 1 N–H and O–H groups in total. The highest BCUT2D eigenvalue weighted by atomic mass is 19.4. The highest BCUT2D eigenvalue weighted by Gasteiger charge is 2.33. The number of nitrogens with zero attached hydrogens (tertiary/aromatic N) is 1. The third-order valence-corrected chi connectivity index (χ3v) is 3.42. The van der Waals surface area contributed by atoms with Gasteiger partial charge in [-0.3, -0.25) is 9.78 Å². The summed E-state index contributed by atoms with van der Waals surface area (Å²) in [5, 5.41) is 2.44. The number of pyridine rings is 1. The van der Waals surface area contributed by atoms with Gasteiger partial charge in [0.15, 0.2) is 0 Å². The van der Waals surface area contributed by atoms with E-state index in [1.807, 2.05) is 12.1 Å². The summed E-state index contributed by atoms with van der Waals surface area (Å²) in [4.78, 5) is 15.9. The van der Waals surface area contributed by atoms with Crippen molar-refractivity contribution in [2.75, 3.05) is 0 Å². The summed E-state index contributed by atoms with van der Waals surface area (Å²) in [5.41, 5.74) is -0.388. The maximum Gasteiger partial charge on any atom is 0.416 e. The lowest BCUT2D eigenvalue weighted by molar-refractivity contribution is -0.138. The Hall–Kier alpha value is -2.44. The van der Waals surface area contributed by atoms with Crippen molar-refractivity contribution in [3.8, 4) is 0 Å². The first-order valence-corrected chi connectivity index (χ1v) is 7.38. The summed E-state index contributed by atoms with van der Waals surface area (Å²) < 4.78 is 51.6. The van der Waals surface area contributed by atoms with Crippen LogP contribution in [0.5, 0.6) is 0 Å². The van der Waals surface area contributed by atoms with E-state index in [-0.39, 0.29) is 24.4 Å². The molecule has 0 radical (unpaired) electrons. The molecule has 3 nitrogen and oxygen atoms in total. The zero-order valence-corrected chi connectivity index (χ0v) is 12.7. The van der Waals surface area contributed by atoms with Gasteiger partial charge < -0.3 is 5.32 Å². The van der Waals surface area contributed by atoms with Crippen molar-refractivity contribution in [2.45, 2.75) is 32.0 Å². The van der Waals surface area contributed by atoms with Crippen LogP contribution in [0.4, 0.5) is 17.6 Å². The molecule has 0 aliphatic heterocycles. The fourth-order valence-corrected chi connectivity index (χ4v) is 2.22. The van der Waals surface area contributed by atoms with Crippen molar-refractivity contribution in [1.82, 2.24) is 10.3 Å². The average Bonchev–Trinajstić information content (AvgIpc) is 2.54. The quantitative estimate of drug-likeness (QED) is 0.811. The zero-order valence-electron chi connectivity index (χ0n) is 12.7. The van der Waals surface area contributed by atoms with Crippen LogP contribution in [0.1, 0.15) is 29.7 Å². The van der Waals surface area contributed by atoms with E-state index in [4.69, 9.17) is 0 Å². The topological polar surface area (TPSA) is 42.0 Å². The number of halogens is 4. The maximum absolute atomic E-state index is 13.0. The molecule has 0 saturated carbocycles. The number of aryl methyl sites for hydroxylation is 1. The standard InChI is InChI=1S/C17H16F4N2O/c18-13-8-7-12(15(10-13)17(19,20)21)11-23-16(24)6-3-5-14-4-1-2-9-22-14/h1-2,4,7-10H,3,5-6,11H2,(H,23,24). The lowest BCUT2D eigenvalue weighted by Gasteiger charge is -2.13. The molecule has 0 unspecified atom stereocenters. The number of carbonyl (C=O) groups excluding carboxylic acids is 1. The molecule has 1 aromatic heterocycles. The van der Waals surface area contributed by atoms with E-state index in [9.17, 15) is 22.4 Å². The Morgan fingerprint density at radius 1 is 1.17 bits per heavy atom. The van der Waals surface area contributed by atoms with Gasteiger partial charge in [-0.25, -0.2) is 4.39 Å². The lowest BCUT2D eigenvalue weighted by atomic mass is 10.1. The molecule has 1 amide bonds. The van der Waals surface area contributed by atoms with Gasteiger partial charge in [-0.05, 0) is 42.7 Å². The van der Waals surface area contributed by atoms with Gasteiger partial charge in [0.25, 0.3) is 0 Å². The number of aromatic nitrogens is 1. The summed E-state index contributed by atoms with van der Waals surface area (Å²) in [5.74, 6) is -1.32. The van der Waals surface area contributed by atoms with Gasteiger partial charge in [0.1, 0.15) is 5.82 Å². The molecule has 24 heavy (non-hydrogen) atoms. The molecule has 2 rings (SSSR count). The number of benzene rings is 1. The first kappa shape index (κ1) is 17.9. The Morgan fingerprint density at radius 2 is 1.96 bits per heavy atom. The van der Waals surface area contributed by atoms with Crippen LogP contribution in [0.25, 0.3) is 0 Å². The number of hydrogen-bond acceptors (Lipinski definition) is 2. The Kier molecular flexibility index (Phi) is 5.89. The van der Waals surface area contributed by atoms with E-state index >= 15 is 0 Å². The molecule has 0 atom stereocenters. The van der Waals surface area contributed by atoms with E-state index in [0.717, 1.165) is 17.8 Å². The molecule has 1 aromatic carbocycles. The van der Waals surface area contributed by atoms with Crippen LogP contribution in [0.15, 0.2) is 42.6 Å². The molecule has 2 aromatic rings. The summed E-state index contributed by atoms with van der Waals surface area (Å²) in [6.07, 6.45) is -1.68. The fraction of sp³-hybridized carbons (Fsp3) is 0.294. The monoisotopic (exact) mass is 340 g/mol. The third kappa shape index (κ3) is 5.33. The van der Waals surface area contributed by atoms with Gasteiger partial charge >= 0.3 is 6.18 Å². The molecule has 0 aliphatic carbocycles. The summed E-state index contributed by atoms with van der Waals surface area (Å²) >= 11 is 0. The minimum Gasteiger partial charge on any atom is -0.352 e. The van der Waals surface area contributed by atoms with Crippen LogP contribution >= 0.6 is 0 Å². The van der Waals surface area contributed by atoms with Crippen molar-refractivity contribution >= 4 is 5.91 Å². The Bertz CT molecular complexity index is 687. The summed E-state index contributed by atoms with van der Waals surface area (Å²) in [7, 11) is 0. The molecule has 0 bridgehead atoms. The minimum absolute atomic E-state index is 0.165. The van der Waals surface area contributed by atoms with E-state index in [0.29, 0.717) is 18.9 Å². The molecule has 0 aliphatic rings. The van der Waals surface area contributed by atoms with Crippen molar-refractivity contribution in [1.29, 1.82) is 0 Å². The highest BCUT2D eigenvalue weighted by molar-refractivity contribution is 5.75. The van der Waals surface area contributed by atoms with Gasteiger partial charge in [-0.2, -0.15) is 13.2 Å². The Labute approximate surface area is 136 Å². The minimum atomic E-state index is -4.67. The second-order valence-corrected chi connectivity index (χ2v) is 5.25. The zero-order chi connectivity index (χ0) is 17.6. The molecule has 1 heterocycles. The van der Waals surface area contributed by atoms with Gasteiger partial charge in [-0.1, -0.05) is 12.1 Å². The van der Waals surface area contributed by atoms with E-state index in [2.05, 4.69) is 10.3 Å². The maximum atomic E-state index is 13.0. The molecule has 128 valence electrons. The molecular weight excluding hydrogens is 324 g/mol. The molecular formula is C17H16F4N2O. The second-order valence-electron chi connectivity index (χ2n) is 5.25. The predicted octanol–water partition coefficient (Wildman–Crippen LogP) is 3.88. The Balaban J connectivity index is 1.86. The van der Waals surface area contributed by atoms with Gasteiger partial charge in [0.2, 0.25) is 5.91 Å². The molecule has 0 spiro atoms. The normalized spacial score (nSPS) is 11.3. The number of alkyl halides is 3. The van der Waals surface area contributed by atoms with Crippen LogP contribution in [-0.2, 0) is 23.9 Å². The van der Waals surface area contributed by atoms with Crippen molar-refractivity contribution in [3.63, 3.8) is 0 Å². The van der Waals surface area contributed by atoms with Crippen LogP contribution in [0, 0.1) is 5.82 Å². The SMILES string of the molecule is O=C(CCCc1ccccn1)NCc1ccc(F)cc1C(F)(F)F. The first-order valence-electron chi connectivity index (χ1n) is 7.38. The number of hydrogen-bond donors (Lipinski definition) is 1. The predicted molar refractivity (Wildman–Crippen MR) is 80.4 cm³/mol. The highest BCUT2D eigenvalue weighted by Crippen LogP contribution is 2.32. The second kappa shape index (κ2) is 7.90. The number of nitrogens with one attached hydrogen (secondary N) is 1. The van der Waals surface area contributed by atoms with Crippen LogP contribution < -0.4 is 5.32 Å². The van der Waals surface area contributed by atoms with E-state index < -0.39 is 17.6 Å². The van der Waals surface area contributed by atoms with E-state index in [1.165, 1.54) is 0 Å². The number of carbonyl (C=O) groups is 1. The first-order chi connectivity index (χ1) is 11.4. The van der Waals surface area contributed by atoms with Gasteiger partial charge in [0.05, 0.1) is 5.56 Å². The third-order valence-electron chi connectivity index (χ3n) is 3.42. The van der Waals surface area contributed by atoms with Gasteiger partial charge in [-0.15, -0.1) is 0 Å². The lowest BCUT2D eigenvalue weighted by Crippen LogP contribution is -2.24. The van der Waals surface area contributed by atoms with Gasteiger partial charge in [0, 0.05) is 24.9 Å². The van der Waals surface area contributed by atoms with Crippen LogP contribution in [0.2, 0.25) is 0 Å². The number of rotatable bonds is 6. The van der Waals surface area contributed by atoms with Crippen molar-refractivity contribution < 1.29 is 22.4 Å². The number of amides is 1. The fourth-order valence-electron chi connectivity index (χ4n) is 2.22. The van der Waals surface area contributed by atoms with E-state index in [1.54, 1.807) is 12.3 Å². The molecule has 7 heteroatoms.